The van der Waals surface area contributed by atoms with Gasteiger partial charge in [0.05, 0.1) is 38.9 Å². The third kappa shape index (κ3) is 11.1. The predicted molar refractivity (Wildman–Crippen MR) is 50.9 cm³/mol. The minimum Gasteiger partial charge on any atom is -0.379 e. The van der Waals surface area contributed by atoms with Gasteiger partial charge < -0.3 is 14.5 Å². The van der Waals surface area contributed by atoms with Crippen LogP contribution >= 0.6 is 0 Å². The second-order valence-electron chi connectivity index (χ2n) is 2.36. The molecule has 0 aliphatic rings. The van der Waals surface area contributed by atoms with E-state index in [0.29, 0.717) is 32.8 Å². The summed E-state index contributed by atoms with van der Waals surface area (Å²) in [5, 5.41) is 8.19. The molecule has 0 spiro atoms. The van der Waals surface area contributed by atoms with Crippen molar-refractivity contribution >= 4 is 6.21 Å². The molecule has 0 bridgehead atoms. The molecule has 0 aromatic heterocycles. The van der Waals surface area contributed by atoms with E-state index in [1.807, 2.05) is 12.3 Å². The monoisotopic (exact) mass is 184 g/mol. The smallest absolute Gasteiger partial charge is 0.0700 e. The van der Waals surface area contributed by atoms with Crippen molar-refractivity contribution in [2.75, 3.05) is 33.5 Å². The number of ether oxygens (including phenoxy) is 2. The summed E-state index contributed by atoms with van der Waals surface area (Å²) in [7, 11) is 1.74. The van der Waals surface area contributed by atoms with Crippen LogP contribution in [0, 0.1) is 11.3 Å². The number of rotatable bonds is 8. The molecule has 0 N–H and O–H groups in total. The van der Waals surface area contributed by atoms with E-state index in [2.05, 4.69) is 4.99 Å². The van der Waals surface area contributed by atoms with Crippen LogP contribution in [0.1, 0.15) is 12.8 Å². The molecule has 0 heterocycles. The number of nitrogens with zero attached hydrogens (tertiary/aromatic N) is 2. The zero-order valence-electron chi connectivity index (χ0n) is 8.03. The maximum absolute atomic E-state index is 8.19. The van der Waals surface area contributed by atoms with E-state index < -0.39 is 0 Å². The Morgan fingerprint density at radius 2 is 1.92 bits per heavy atom. The predicted octanol–water partition coefficient (Wildman–Crippen LogP) is 1.02. The van der Waals surface area contributed by atoms with E-state index in [4.69, 9.17) is 14.7 Å². The molecule has 0 radical (unpaired) electrons. The maximum atomic E-state index is 8.19. The van der Waals surface area contributed by atoms with Crippen LogP contribution in [0.15, 0.2) is 4.99 Å². The van der Waals surface area contributed by atoms with Crippen molar-refractivity contribution < 1.29 is 9.47 Å². The molecule has 0 aromatic carbocycles. The van der Waals surface area contributed by atoms with Gasteiger partial charge in [-0.25, -0.2) is 0 Å². The lowest BCUT2D eigenvalue weighted by Crippen LogP contribution is -2.06. The van der Waals surface area contributed by atoms with Crippen molar-refractivity contribution in [3.63, 3.8) is 0 Å². The summed E-state index contributed by atoms with van der Waals surface area (Å²) >= 11 is 0. The molecule has 74 valence electrons. The first-order valence-corrected chi connectivity index (χ1v) is 4.35. The second-order valence-corrected chi connectivity index (χ2v) is 2.36. The van der Waals surface area contributed by atoms with E-state index in [1.165, 1.54) is 0 Å². The Morgan fingerprint density at radius 3 is 2.54 bits per heavy atom. The van der Waals surface area contributed by atoms with Gasteiger partial charge in [0.2, 0.25) is 0 Å². The summed E-state index contributed by atoms with van der Waals surface area (Å²) in [6.07, 6.45) is 3.10. The van der Waals surface area contributed by atoms with Crippen molar-refractivity contribution in [3.05, 3.63) is 0 Å². The topological polar surface area (TPSA) is 54.6 Å². The van der Waals surface area contributed by atoms with Crippen molar-refractivity contribution in [1.29, 1.82) is 5.26 Å². The highest BCUT2D eigenvalue weighted by Crippen LogP contribution is 1.83. The third-order valence-corrected chi connectivity index (χ3v) is 1.30. The van der Waals surface area contributed by atoms with Crippen molar-refractivity contribution in [3.8, 4) is 6.07 Å². The minimum atomic E-state index is 0.447. The Hall–Kier alpha value is -0.920. The van der Waals surface area contributed by atoms with Gasteiger partial charge in [0.15, 0.2) is 0 Å². The van der Waals surface area contributed by atoms with Crippen LogP contribution in [-0.4, -0.2) is 39.7 Å². The first-order valence-electron chi connectivity index (χ1n) is 4.35. The zero-order valence-corrected chi connectivity index (χ0v) is 8.03. The normalized spacial score (nSPS) is 10.5. The van der Waals surface area contributed by atoms with Gasteiger partial charge in [-0.15, -0.1) is 0 Å². The van der Waals surface area contributed by atoms with Crippen molar-refractivity contribution in [1.82, 2.24) is 0 Å². The molecule has 4 nitrogen and oxygen atoms in total. The Morgan fingerprint density at radius 1 is 1.23 bits per heavy atom. The van der Waals surface area contributed by atoms with E-state index >= 15 is 0 Å². The summed E-state index contributed by atoms with van der Waals surface area (Å²) < 4.78 is 10.3. The van der Waals surface area contributed by atoms with Gasteiger partial charge in [-0.2, -0.15) is 5.26 Å². The molecule has 0 aliphatic heterocycles. The lowest BCUT2D eigenvalue weighted by Gasteiger charge is -2.02. The fourth-order valence-electron chi connectivity index (χ4n) is 0.705. The Bertz CT molecular complexity index is 163. The molecule has 0 saturated carbocycles. The zero-order chi connectivity index (χ0) is 9.78. The molecule has 13 heavy (non-hydrogen) atoms. The standard InChI is InChI=1S/C9H16N2O2/c1-11-5-3-7-13-9-8-12-6-2-4-10/h5H,2-3,6-9H2,1H3/b11-5+. The molecule has 0 unspecified atom stereocenters. The van der Waals surface area contributed by atoms with E-state index in [-0.39, 0.29) is 0 Å². The Kier molecular flexibility index (Phi) is 10.3. The summed E-state index contributed by atoms with van der Waals surface area (Å²) in [6, 6.07) is 2.00. The summed E-state index contributed by atoms with van der Waals surface area (Å²) in [6.45, 7) is 2.32. The van der Waals surface area contributed by atoms with Gasteiger partial charge in [0.1, 0.15) is 0 Å². The van der Waals surface area contributed by atoms with Gasteiger partial charge in [-0.05, 0) is 0 Å². The van der Waals surface area contributed by atoms with Crippen LogP contribution in [0.2, 0.25) is 0 Å². The number of nitriles is 1. The van der Waals surface area contributed by atoms with Crippen LogP contribution in [0.3, 0.4) is 0 Å². The molecule has 0 fully saturated rings. The molecule has 0 aromatic rings. The van der Waals surface area contributed by atoms with Crippen LogP contribution in [-0.2, 0) is 9.47 Å². The van der Waals surface area contributed by atoms with Crippen LogP contribution in [0.25, 0.3) is 0 Å². The first kappa shape index (κ1) is 12.1. The highest BCUT2D eigenvalue weighted by Gasteiger charge is 1.88. The van der Waals surface area contributed by atoms with E-state index in [1.54, 1.807) is 7.05 Å². The largest absolute Gasteiger partial charge is 0.379 e. The Balaban J connectivity index is 2.88. The van der Waals surface area contributed by atoms with Gasteiger partial charge in [0, 0.05) is 19.7 Å². The summed E-state index contributed by atoms with van der Waals surface area (Å²) in [4.78, 5) is 3.82. The SMILES string of the molecule is C/N=C/CCOCCOCCC#N. The highest BCUT2D eigenvalue weighted by molar-refractivity contribution is 5.56. The van der Waals surface area contributed by atoms with Crippen LogP contribution in [0.5, 0.6) is 0 Å². The number of hydrogen-bond acceptors (Lipinski definition) is 4. The fraction of sp³-hybridized carbons (Fsp3) is 0.778. The third-order valence-electron chi connectivity index (χ3n) is 1.30. The molecule has 0 aliphatic carbocycles. The summed E-state index contributed by atoms with van der Waals surface area (Å²) in [5.74, 6) is 0. The second kappa shape index (κ2) is 11.1. The average molecular weight is 184 g/mol. The number of aliphatic imine (C=N–C) groups is 1. The molecule has 0 saturated heterocycles. The average Bonchev–Trinajstić information content (AvgIpc) is 2.16. The van der Waals surface area contributed by atoms with Crippen molar-refractivity contribution in [2.24, 2.45) is 4.99 Å². The molecule has 4 heteroatoms. The quantitative estimate of drug-likeness (QED) is 0.418. The summed E-state index contributed by atoms with van der Waals surface area (Å²) in [5.41, 5.74) is 0. The van der Waals surface area contributed by atoms with Crippen molar-refractivity contribution in [2.45, 2.75) is 12.8 Å². The Labute approximate surface area is 79.2 Å². The van der Waals surface area contributed by atoms with Gasteiger partial charge in [0.25, 0.3) is 0 Å². The lowest BCUT2D eigenvalue weighted by molar-refractivity contribution is 0.0528. The maximum Gasteiger partial charge on any atom is 0.0700 e. The van der Waals surface area contributed by atoms with E-state index in [0.717, 1.165) is 6.42 Å². The van der Waals surface area contributed by atoms with E-state index in [9.17, 15) is 0 Å². The molecule has 0 amide bonds. The highest BCUT2D eigenvalue weighted by atomic mass is 16.5. The molecule has 0 rings (SSSR count). The molecule has 0 atom stereocenters. The lowest BCUT2D eigenvalue weighted by atomic mass is 10.5. The first-order chi connectivity index (χ1) is 6.41. The van der Waals surface area contributed by atoms with Gasteiger partial charge >= 0.3 is 0 Å². The van der Waals surface area contributed by atoms with Gasteiger partial charge in [-0.1, -0.05) is 0 Å². The van der Waals surface area contributed by atoms with Gasteiger partial charge in [-0.3, -0.25) is 0 Å². The van der Waals surface area contributed by atoms with Crippen LogP contribution < -0.4 is 0 Å². The number of hydrogen-bond donors (Lipinski definition) is 0. The van der Waals surface area contributed by atoms with Crippen LogP contribution in [0.4, 0.5) is 0 Å². The minimum absolute atomic E-state index is 0.447. The molecular weight excluding hydrogens is 168 g/mol. The molecular formula is C9H16N2O2. The fourth-order valence-corrected chi connectivity index (χ4v) is 0.705.